The quantitative estimate of drug-likeness (QED) is 0.298. The van der Waals surface area contributed by atoms with Crippen LogP contribution >= 0.6 is 11.3 Å². The number of nitrogens with one attached hydrogen (secondary N) is 2. The van der Waals surface area contributed by atoms with Gasteiger partial charge < -0.3 is 29.6 Å². The molecule has 2 atom stereocenters. The Hall–Kier alpha value is -4.72. The van der Waals surface area contributed by atoms with Crippen LogP contribution in [0.4, 0.5) is 19.1 Å². The van der Waals surface area contributed by atoms with Crippen molar-refractivity contribution in [2.75, 3.05) is 26.6 Å². The Bertz CT molecular complexity index is 1410. The Labute approximate surface area is 225 Å². The van der Waals surface area contributed by atoms with Crippen LogP contribution in [0.25, 0.3) is 0 Å². The molecule has 0 radical (unpaired) electrons. The number of halogens is 1. The number of anilines is 1. The zero-order valence-electron chi connectivity index (χ0n) is 20.9. The van der Waals surface area contributed by atoms with E-state index >= 15 is 0 Å². The van der Waals surface area contributed by atoms with Gasteiger partial charge in [-0.15, -0.1) is 11.3 Å². The number of ether oxygens (including phenoxy) is 4. The molecule has 2 aromatic carbocycles. The normalized spacial score (nSPS) is 15.4. The van der Waals surface area contributed by atoms with Crippen molar-refractivity contribution in [1.82, 2.24) is 15.2 Å². The van der Waals surface area contributed by atoms with Crippen LogP contribution in [0, 0.1) is 5.82 Å². The molecule has 2 heterocycles. The predicted octanol–water partition coefficient (Wildman–Crippen LogP) is 3.29. The number of hydrogen-bond acceptors (Lipinski definition) is 10. The molecular weight excluding hydrogens is 535 g/mol. The van der Waals surface area contributed by atoms with E-state index in [4.69, 9.17) is 14.2 Å². The van der Waals surface area contributed by atoms with Gasteiger partial charge in [-0.05, 0) is 29.3 Å². The Kier molecular flexibility index (Phi) is 8.24. The number of para-hydroxylation sites is 1. The lowest BCUT2D eigenvalue weighted by Gasteiger charge is -2.25. The monoisotopic (exact) mass is 558 g/mol. The molecule has 0 aliphatic carbocycles. The summed E-state index contributed by atoms with van der Waals surface area (Å²) in [6.45, 7) is 0. The number of carbonyl (C=O) groups excluding carboxylic acids is 4. The van der Waals surface area contributed by atoms with E-state index in [-0.39, 0.29) is 28.7 Å². The first-order valence-electron chi connectivity index (χ1n) is 11.4. The van der Waals surface area contributed by atoms with E-state index in [1.165, 1.54) is 31.7 Å². The number of hydrogen-bond donors (Lipinski definition) is 2. The summed E-state index contributed by atoms with van der Waals surface area (Å²) < 4.78 is 33.9. The Balaban J connectivity index is 1.64. The summed E-state index contributed by atoms with van der Waals surface area (Å²) in [5, 5.41) is 6.48. The van der Waals surface area contributed by atoms with Crippen LogP contribution < -0.4 is 24.8 Å². The standard InChI is InChI=1S/C25H23FN4O8S/c1-35-17-7-5-4-6-13(17)11-16(21(31)29-23-27-19(12-39-23)38-25(34)37-3)30-22(32)20(28-24(30)33)14-8-9-18(36-2)15(26)10-14/h4-10,12,16,20H,11H2,1-3H3,(H,28,33)(H,27,29,31)/t16-,20?/m0/s1. The summed E-state index contributed by atoms with van der Waals surface area (Å²) in [5.41, 5.74) is 0.726. The predicted molar refractivity (Wildman–Crippen MR) is 135 cm³/mol. The van der Waals surface area contributed by atoms with Crippen LogP contribution in [0.3, 0.4) is 0 Å². The van der Waals surface area contributed by atoms with Crippen LogP contribution in [-0.2, 0) is 20.7 Å². The van der Waals surface area contributed by atoms with Gasteiger partial charge in [-0.25, -0.2) is 18.9 Å². The Morgan fingerprint density at radius 3 is 2.56 bits per heavy atom. The van der Waals surface area contributed by atoms with Crippen LogP contribution in [-0.4, -0.2) is 61.3 Å². The lowest BCUT2D eigenvalue weighted by Crippen LogP contribution is -2.49. The van der Waals surface area contributed by atoms with Crippen molar-refractivity contribution >= 4 is 40.5 Å². The fourth-order valence-corrected chi connectivity index (χ4v) is 4.55. The SMILES string of the molecule is COC(=O)Oc1csc(NC(=O)[C@H](Cc2ccccc2OC)N2C(=O)NC(c3ccc(OC)c(F)c3)C2=O)n1. The lowest BCUT2D eigenvalue weighted by atomic mass is 10.0. The molecule has 0 saturated carbocycles. The van der Waals surface area contributed by atoms with Gasteiger partial charge in [0.2, 0.25) is 11.8 Å². The van der Waals surface area contributed by atoms with E-state index in [1.807, 2.05) is 0 Å². The van der Waals surface area contributed by atoms with Crippen molar-refractivity contribution < 1.29 is 42.5 Å². The molecule has 39 heavy (non-hydrogen) atoms. The average Bonchev–Trinajstić information content (AvgIpc) is 3.49. The van der Waals surface area contributed by atoms with Gasteiger partial charge in [-0.2, -0.15) is 4.98 Å². The van der Waals surface area contributed by atoms with Crippen LogP contribution in [0.1, 0.15) is 17.2 Å². The third-order valence-corrected chi connectivity index (χ3v) is 6.50. The molecule has 4 amide bonds. The maximum Gasteiger partial charge on any atom is 0.514 e. The highest BCUT2D eigenvalue weighted by Gasteiger charge is 2.46. The van der Waals surface area contributed by atoms with E-state index in [0.717, 1.165) is 29.4 Å². The van der Waals surface area contributed by atoms with Gasteiger partial charge >= 0.3 is 12.2 Å². The summed E-state index contributed by atoms with van der Waals surface area (Å²) in [5.74, 6) is -1.91. The van der Waals surface area contributed by atoms with Crippen LogP contribution in [0.15, 0.2) is 47.8 Å². The minimum absolute atomic E-state index is 0.0280. The van der Waals surface area contributed by atoms with E-state index in [1.54, 1.807) is 24.3 Å². The molecule has 1 aliphatic rings. The number of methoxy groups -OCH3 is 3. The Morgan fingerprint density at radius 2 is 1.87 bits per heavy atom. The van der Waals surface area contributed by atoms with E-state index < -0.39 is 41.9 Å². The average molecular weight is 559 g/mol. The highest BCUT2D eigenvalue weighted by Crippen LogP contribution is 2.30. The molecule has 1 aliphatic heterocycles. The minimum Gasteiger partial charge on any atom is -0.496 e. The zero-order valence-corrected chi connectivity index (χ0v) is 21.7. The molecule has 14 heteroatoms. The van der Waals surface area contributed by atoms with Gasteiger partial charge in [-0.1, -0.05) is 24.3 Å². The summed E-state index contributed by atoms with van der Waals surface area (Å²) in [7, 11) is 3.89. The van der Waals surface area contributed by atoms with Crippen molar-refractivity contribution in [2.45, 2.75) is 18.5 Å². The van der Waals surface area contributed by atoms with E-state index in [0.29, 0.717) is 11.3 Å². The van der Waals surface area contributed by atoms with E-state index in [9.17, 15) is 23.6 Å². The highest BCUT2D eigenvalue weighted by atomic mass is 32.1. The number of carbonyl (C=O) groups is 4. The number of nitrogens with zero attached hydrogens (tertiary/aromatic N) is 2. The second kappa shape index (κ2) is 11.8. The third kappa shape index (κ3) is 5.90. The lowest BCUT2D eigenvalue weighted by molar-refractivity contribution is -0.134. The first-order chi connectivity index (χ1) is 18.7. The van der Waals surface area contributed by atoms with Gasteiger partial charge in [0.15, 0.2) is 16.7 Å². The summed E-state index contributed by atoms with van der Waals surface area (Å²) >= 11 is 0.950. The molecule has 1 fully saturated rings. The first kappa shape index (κ1) is 27.3. The topological polar surface area (TPSA) is 145 Å². The molecular formula is C25H23FN4O8S. The van der Waals surface area contributed by atoms with Gasteiger partial charge in [0, 0.05) is 6.42 Å². The van der Waals surface area contributed by atoms with E-state index in [2.05, 4.69) is 20.4 Å². The number of amides is 4. The van der Waals surface area contributed by atoms with Crippen LogP contribution in [0.2, 0.25) is 0 Å². The van der Waals surface area contributed by atoms with Gasteiger partial charge in [0.1, 0.15) is 17.8 Å². The van der Waals surface area contributed by atoms with Gasteiger partial charge in [0.05, 0.1) is 26.7 Å². The van der Waals surface area contributed by atoms with Crippen molar-refractivity contribution in [3.8, 4) is 17.4 Å². The second-order valence-corrected chi connectivity index (χ2v) is 8.91. The molecule has 0 bridgehead atoms. The van der Waals surface area contributed by atoms with Gasteiger partial charge in [0.25, 0.3) is 5.91 Å². The molecule has 1 unspecified atom stereocenters. The van der Waals surface area contributed by atoms with Gasteiger partial charge in [-0.3, -0.25) is 9.59 Å². The van der Waals surface area contributed by atoms with Crippen molar-refractivity contribution in [1.29, 1.82) is 0 Å². The Morgan fingerprint density at radius 1 is 1.13 bits per heavy atom. The fourth-order valence-electron chi connectivity index (χ4n) is 3.94. The largest absolute Gasteiger partial charge is 0.514 e. The van der Waals surface area contributed by atoms with Crippen LogP contribution in [0.5, 0.6) is 17.4 Å². The molecule has 3 aromatic rings. The molecule has 1 aromatic heterocycles. The molecule has 12 nitrogen and oxygen atoms in total. The smallest absolute Gasteiger partial charge is 0.496 e. The third-order valence-electron chi connectivity index (χ3n) is 5.77. The van der Waals surface area contributed by atoms with Crippen molar-refractivity contribution in [3.05, 3.63) is 64.8 Å². The highest BCUT2D eigenvalue weighted by molar-refractivity contribution is 7.14. The molecule has 204 valence electrons. The molecule has 2 N–H and O–H groups in total. The number of thiazole rings is 1. The maximum absolute atomic E-state index is 14.3. The first-order valence-corrected chi connectivity index (χ1v) is 12.2. The molecule has 1 saturated heterocycles. The fraction of sp³-hybridized carbons (Fsp3) is 0.240. The summed E-state index contributed by atoms with van der Waals surface area (Å²) in [4.78, 5) is 56.1. The molecule has 4 rings (SSSR count). The minimum atomic E-state index is -1.35. The zero-order chi connectivity index (χ0) is 28.1. The molecule has 0 spiro atoms. The van der Waals surface area contributed by atoms with Crippen molar-refractivity contribution in [2.24, 2.45) is 0 Å². The number of imide groups is 1. The summed E-state index contributed by atoms with van der Waals surface area (Å²) in [6.07, 6.45) is -1.09. The maximum atomic E-state index is 14.3. The second-order valence-electron chi connectivity index (χ2n) is 8.05. The number of rotatable bonds is 9. The summed E-state index contributed by atoms with van der Waals surface area (Å²) in [6, 6.07) is 7.27. The number of benzene rings is 2. The van der Waals surface area contributed by atoms with Crippen molar-refractivity contribution in [3.63, 3.8) is 0 Å². The number of aromatic nitrogens is 1. The number of urea groups is 1.